The third kappa shape index (κ3) is 39.5. The van der Waals surface area contributed by atoms with Gasteiger partial charge in [-0.2, -0.15) is 0 Å². The van der Waals surface area contributed by atoms with Gasteiger partial charge in [0.1, 0.15) is 0 Å². The molecule has 0 spiro atoms. The van der Waals surface area contributed by atoms with E-state index in [9.17, 15) is 9.59 Å². The van der Waals surface area contributed by atoms with Gasteiger partial charge in [0.25, 0.3) is 0 Å². The zero-order chi connectivity index (χ0) is 40.5. The number of esters is 2. The first kappa shape index (κ1) is 53.9. The molecule has 0 fully saturated rings. The number of nitrogens with one attached hydrogen (secondary N) is 1. The number of rotatable bonds is 44. The van der Waals surface area contributed by atoms with Gasteiger partial charge >= 0.3 is 11.9 Å². The van der Waals surface area contributed by atoms with Crippen LogP contribution in [0.25, 0.3) is 0 Å². The fourth-order valence-corrected chi connectivity index (χ4v) is 7.84. The van der Waals surface area contributed by atoms with E-state index < -0.39 is 0 Å². The molecular formula is C49H98N2O4. The number of hydrogen-bond acceptors (Lipinski definition) is 6. The fourth-order valence-electron chi connectivity index (χ4n) is 7.84. The maximum atomic E-state index is 12.4. The summed E-state index contributed by atoms with van der Waals surface area (Å²) in [5, 5.41) is 3.91. The molecule has 2 atom stereocenters. The second-order valence-electron chi connectivity index (χ2n) is 17.6. The zero-order valence-corrected chi connectivity index (χ0v) is 38.2. The van der Waals surface area contributed by atoms with E-state index in [1.165, 1.54) is 186 Å². The first-order chi connectivity index (χ1) is 26.9. The van der Waals surface area contributed by atoms with Gasteiger partial charge in [0.15, 0.2) is 0 Å². The molecule has 0 aromatic carbocycles. The predicted octanol–water partition coefficient (Wildman–Crippen LogP) is 14.2. The average Bonchev–Trinajstić information content (AvgIpc) is 3.17. The number of carbonyl (C=O) groups excluding carboxylic acids is 2. The van der Waals surface area contributed by atoms with Crippen molar-refractivity contribution in [2.24, 2.45) is 11.8 Å². The molecule has 0 aliphatic heterocycles. The maximum absolute atomic E-state index is 12.4. The Balaban J connectivity index is 4.20. The summed E-state index contributed by atoms with van der Waals surface area (Å²) >= 11 is 0. The molecule has 0 saturated carbocycles. The molecule has 2 unspecified atom stereocenters. The minimum Gasteiger partial charge on any atom is -0.465 e. The van der Waals surface area contributed by atoms with Gasteiger partial charge < -0.3 is 19.7 Å². The summed E-state index contributed by atoms with van der Waals surface area (Å²) in [7, 11) is 4.32. The van der Waals surface area contributed by atoms with Crippen LogP contribution in [0.15, 0.2) is 0 Å². The molecule has 0 saturated heterocycles. The smallest absolute Gasteiger partial charge is 0.305 e. The second kappa shape index (κ2) is 42.5. The molecule has 0 aliphatic rings. The lowest BCUT2D eigenvalue weighted by atomic mass is 9.96. The molecular weight excluding hydrogens is 681 g/mol. The quantitative estimate of drug-likeness (QED) is 0.0491. The summed E-state index contributed by atoms with van der Waals surface area (Å²) in [5.74, 6) is 1.14. The Kier molecular flexibility index (Phi) is 41.6. The molecule has 328 valence electrons. The van der Waals surface area contributed by atoms with Crippen molar-refractivity contribution in [2.45, 2.75) is 252 Å². The Morgan fingerprint density at radius 1 is 0.436 bits per heavy atom. The molecule has 0 radical (unpaired) electrons. The number of hydrogen-bond donors (Lipinski definition) is 1. The molecule has 0 heterocycles. The highest BCUT2D eigenvalue weighted by Crippen LogP contribution is 2.21. The van der Waals surface area contributed by atoms with Crippen molar-refractivity contribution in [3.05, 3.63) is 0 Å². The Morgan fingerprint density at radius 2 is 0.800 bits per heavy atom. The second-order valence-corrected chi connectivity index (χ2v) is 17.6. The molecule has 6 heteroatoms. The van der Waals surface area contributed by atoms with E-state index in [1.807, 2.05) is 0 Å². The highest BCUT2D eigenvalue weighted by atomic mass is 16.5. The standard InChI is InChI=1S/C49H98N2O4/c1-7-11-15-25-35-45(33-13-9-3)43-54-48(52)39-29-23-19-17-21-27-37-47(50-41-31-32-42-51(5)6)38-28-22-18-20-24-30-40-49(53)55-44-46(34-14-10-4)36-26-16-12-8-2/h45-47,50H,7-44H2,1-6H3. The minimum absolute atomic E-state index is 0.0177. The van der Waals surface area contributed by atoms with E-state index >= 15 is 0 Å². The van der Waals surface area contributed by atoms with Gasteiger partial charge in [-0.1, -0.05) is 169 Å². The van der Waals surface area contributed by atoms with Gasteiger partial charge in [-0.25, -0.2) is 0 Å². The molecule has 0 rings (SSSR count). The molecule has 0 bridgehead atoms. The first-order valence-electron chi connectivity index (χ1n) is 24.5. The predicted molar refractivity (Wildman–Crippen MR) is 239 cm³/mol. The summed E-state index contributed by atoms with van der Waals surface area (Å²) < 4.78 is 11.5. The molecule has 1 N–H and O–H groups in total. The number of unbranched alkanes of at least 4 members (excludes halogenated alkanes) is 19. The van der Waals surface area contributed by atoms with Crippen LogP contribution in [0.3, 0.4) is 0 Å². The van der Waals surface area contributed by atoms with Crippen LogP contribution < -0.4 is 5.32 Å². The van der Waals surface area contributed by atoms with Crippen molar-refractivity contribution >= 4 is 11.9 Å². The summed E-state index contributed by atoms with van der Waals surface area (Å²) in [5.41, 5.74) is 0. The monoisotopic (exact) mass is 779 g/mol. The third-order valence-corrected chi connectivity index (χ3v) is 11.7. The summed E-state index contributed by atoms with van der Waals surface area (Å²) in [6.07, 6.45) is 40.7. The van der Waals surface area contributed by atoms with Crippen LogP contribution in [0.5, 0.6) is 0 Å². The Hall–Kier alpha value is -1.14. The molecule has 55 heavy (non-hydrogen) atoms. The molecule has 0 amide bonds. The highest BCUT2D eigenvalue weighted by Gasteiger charge is 2.14. The summed E-state index contributed by atoms with van der Waals surface area (Å²) in [4.78, 5) is 27.1. The van der Waals surface area contributed by atoms with E-state index in [4.69, 9.17) is 9.47 Å². The van der Waals surface area contributed by atoms with Crippen molar-refractivity contribution in [3.8, 4) is 0 Å². The topological polar surface area (TPSA) is 67.9 Å². The van der Waals surface area contributed by atoms with Crippen molar-refractivity contribution in [1.29, 1.82) is 0 Å². The zero-order valence-electron chi connectivity index (χ0n) is 38.2. The number of ether oxygens (including phenoxy) is 2. The lowest BCUT2D eigenvalue weighted by Crippen LogP contribution is -2.30. The largest absolute Gasteiger partial charge is 0.465 e. The normalized spacial score (nSPS) is 13.3. The fraction of sp³-hybridized carbons (Fsp3) is 0.959. The Labute approximate surface area is 344 Å². The lowest BCUT2D eigenvalue weighted by Gasteiger charge is -2.19. The van der Waals surface area contributed by atoms with Crippen LogP contribution in [0.1, 0.15) is 246 Å². The summed E-state index contributed by atoms with van der Waals surface area (Å²) in [6, 6.07) is 0.629. The van der Waals surface area contributed by atoms with Crippen LogP contribution in [0.2, 0.25) is 0 Å². The van der Waals surface area contributed by atoms with Crippen molar-refractivity contribution in [2.75, 3.05) is 40.4 Å². The average molecular weight is 779 g/mol. The van der Waals surface area contributed by atoms with E-state index in [-0.39, 0.29) is 11.9 Å². The molecule has 0 aromatic rings. The van der Waals surface area contributed by atoms with Gasteiger partial charge in [-0.05, 0) is 103 Å². The number of nitrogens with zero attached hydrogens (tertiary/aromatic N) is 1. The Bertz CT molecular complexity index is 750. The van der Waals surface area contributed by atoms with Crippen LogP contribution in [-0.4, -0.2) is 63.3 Å². The van der Waals surface area contributed by atoms with E-state index in [0.717, 1.165) is 32.2 Å². The van der Waals surface area contributed by atoms with Gasteiger partial charge in [0.2, 0.25) is 0 Å². The summed E-state index contributed by atoms with van der Waals surface area (Å²) in [6.45, 7) is 12.6. The maximum Gasteiger partial charge on any atom is 0.305 e. The molecule has 0 aromatic heterocycles. The Morgan fingerprint density at radius 3 is 1.22 bits per heavy atom. The minimum atomic E-state index is 0.0177. The molecule has 0 aliphatic carbocycles. The SMILES string of the molecule is CCCCCCC(CCCC)COC(=O)CCCCCCCCC(CCCCCCCCC(=O)OCC(CCCC)CCCCCC)NCCCCN(C)C. The van der Waals surface area contributed by atoms with Crippen LogP contribution in [0, 0.1) is 11.8 Å². The van der Waals surface area contributed by atoms with Crippen molar-refractivity contribution < 1.29 is 19.1 Å². The first-order valence-corrected chi connectivity index (χ1v) is 24.5. The van der Waals surface area contributed by atoms with Crippen LogP contribution in [0.4, 0.5) is 0 Å². The number of carbonyl (C=O) groups is 2. The van der Waals surface area contributed by atoms with Gasteiger partial charge in [0, 0.05) is 18.9 Å². The van der Waals surface area contributed by atoms with Crippen LogP contribution >= 0.6 is 0 Å². The van der Waals surface area contributed by atoms with E-state index in [0.29, 0.717) is 43.9 Å². The van der Waals surface area contributed by atoms with Gasteiger partial charge in [-0.3, -0.25) is 9.59 Å². The van der Waals surface area contributed by atoms with Crippen molar-refractivity contribution in [3.63, 3.8) is 0 Å². The van der Waals surface area contributed by atoms with Gasteiger partial charge in [-0.15, -0.1) is 0 Å². The highest BCUT2D eigenvalue weighted by molar-refractivity contribution is 5.69. The lowest BCUT2D eigenvalue weighted by molar-refractivity contribution is -0.146. The van der Waals surface area contributed by atoms with E-state index in [2.05, 4.69) is 52.0 Å². The van der Waals surface area contributed by atoms with Crippen molar-refractivity contribution in [1.82, 2.24) is 10.2 Å². The van der Waals surface area contributed by atoms with E-state index in [1.54, 1.807) is 0 Å². The van der Waals surface area contributed by atoms with Gasteiger partial charge in [0.05, 0.1) is 13.2 Å². The third-order valence-electron chi connectivity index (χ3n) is 11.7. The molecule has 6 nitrogen and oxygen atoms in total. The van der Waals surface area contributed by atoms with Crippen LogP contribution in [-0.2, 0) is 19.1 Å².